The molecule has 10 heteroatoms. The Hall–Kier alpha value is -1.81. The molecule has 0 aliphatic carbocycles. The Morgan fingerprint density at radius 2 is 1.90 bits per heavy atom. The quantitative estimate of drug-likeness (QED) is 0.902. The molecule has 0 atom stereocenters. The maximum atomic E-state index is 12.8. The van der Waals surface area contributed by atoms with Crippen LogP contribution in [0, 0.1) is 6.92 Å². The first kappa shape index (κ1) is 15.6. The summed E-state index contributed by atoms with van der Waals surface area (Å²) in [5, 5.41) is 0.0250. The van der Waals surface area contributed by atoms with Gasteiger partial charge in [0, 0.05) is 0 Å². The topological polar surface area (TPSA) is 85.1 Å². The number of halogens is 3. The van der Waals surface area contributed by atoms with Crippen LogP contribution < -0.4 is 10.5 Å². The largest absolute Gasteiger partial charge is 0.418 e. The first-order valence-corrected chi connectivity index (χ1v) is 7.83. The first-order chi connectivity index (χ1) is 9.61. The third-order valence-corrected chi connectivity index (χ3v) is 5.45. The summed E-state index contributed by atoms with van der Waals surface area (Å²) in [6.07, 6.45) is -4.67. The fourth-order valence-electron chi connectivity index (χ4n) is 1.66. The zero-order valence-electron chi connectivity index (χ0n) is 10.6. The third-order valence-electron chi connectivity index (χ3n) is 2.49. The van der Waals surface area contributed by atoms with E-state index in [4.69, 9.17) is 5.73 Å². The Bertz CT molecular complexity index is 769. The number of rotatable bonds is 3. The highest BCUT2D eigenvalue weighted by molar-refractivity contribution is 7.94. The van der Waals surface area contributed by atoms with Gasteiger partial charge in [-0.2, -0.15) is 13.2 Å². The van der Waals surface area contributed by atoms with Crippen LogP contribution in [-0.2, 0) is 16.2 Å². The van der Waals surface area contributed by atoms with E-state index in [1.807, 2.05) is 4.72 Å². The standard InChI is InChI=1S/C11H10F3N3O2S2/c1-6-9(20-10(15)16-6)21(18,19)17-8-5-3-2-4-7(8)11(12,13)14/h2-5,17H,1H3,(H2,15,16). The first-order valence-electron chi connectivity index (χ1n) is 5.53. The Labute approximate surface area is 122 Å². The summed E-state index contributed by atoms with van der Waals surface area (Å²) >= 11 is 0.689. The Balaban J connectivity index is 2.45. The summed E-state index contributed by atoms with van der Waals surface area (Å²) in [4.78, 5) is 3.75. The molecule has 0 saturated heterocycles. The summed E-state index contributed by atoms with van der Waals surface area (Å²) in [6, 6.07) is 4.32. The molecular formula is C11H10F3N3O2S2. The molecule has 0 radical (unpaired) electrons. The predicted molar refractivity (Wildman–Crippen MR) is 73.5 cm³/mol. The van der Waals surface area contributed by atoms with E-state index in [9.17, 15) is 21.6 Å². The SMILES string of the molecule is Cc1nc(N)sc1S(=O)(=O)Nc1ccccc1C(F)(F)F. The number of nitrogen functional groups attached to an aromatic ring is 1. The lowest BCUT2D eigenvalue weighted by molar-refractivity contribution is -0.136. The molecule has 5 nitrogen and oxygen atoms in total. The molecule has 114 valence electrons. The maximum Gasteiger partial charge on any atom is 0.418 e. The molecular weight excluding hydrogens is 327 g/mol. The van der Waals surface area contributed by atoms with Gasteiger partial charge < -0.3 is 5.73 Å². The van der Waals surface area contributed by atoms with E-state index in [1.54, 1.807) is 0 Å². The fourth-order valence-corrected chi connectivity index (χ4v) is 4.04. The number of hydrogen-bond donors (Lipinski definition) is 2. The van der Waals surface area contributed by atoms with Gasteiger partial charge in [-0.25, -0.2) is 13.4 Å². The molecule has 1 aromatic heterocycles. The van der Waals surface area contributed by atoms with Crippen molar-refractivity contribution in [1.82, 2.24) is 4.98 Å². The summed E-state index contributed by atoms with van der Waals surface area (Å²) in [7, 11) is -4.18. The lowest BCUT2D eigenvalue weighted by Crippen LogP contribution is -2.17. The predicted octanol–water partition coefficient (Wildman–Crippen LogP) is 2.85. The zero-order valence-corrected chi connectivity index (χ0v) is 12.2. The number of aromatic nitrogens is 1. The molecule has 1 aromatic carbocycles. The molecule has 0 saturated carbocycles. The van der Waals surface area contributed by atoms with Gasteiger partial charge in [0.05, 0.1) is 16.9 Å². The molecule has 2 aromatic rings. The van der Waals surface area contributed by atoms with Crippen LogP contribution in [0.2, 0.25) is 0 Å². The Morgan fingerprint density at radius 1 is 1.29 bits per heavy atom. The van der Waals surface area contributed by atoms with Crippen LogP contribution in [0.1, 0.15) is 11.3 Å². The number of sulfonamides is 1. The van der Waals surface area contributed by atoms with E-state index in [1.165, 1.54) is 19.1 Å². The Morgan fingerprint density at radius 3 is 2.43 bits per heavy atom. The minimum atomic E-state index is -4.67. The van der Waals surface area contributed by atoms with E-state index in [2.05, 4.69) is 4.98 Å². The Kier molecular flexibility index (Phi) is 3.85. The fraction of sp³-hybridized carbons (Fsp3) is 0.182. The van der Waals surface area contributed by atoms with Crippen molar-refractivity contribution in [3.8, 4) is 0 Å². The smallest absolute Gasteiger partial charge is 0.375 e. The molecule has 3 N–H and O–H groups in total. The van der Waals surface area contributed by atoms with Crippen LogP contribution in [-0.4, -0.2) is 13.4 Å². The molecule has 21 heavy (non-hydrogen) atoms. The molecule has 0 spiro atoms. The average Bonchev–Trinajstić information content (AvgIpc) is 2.68. The van der Waals surface area contributed by atoms with Gasteiger partial charge in [-0.1, -0.05) is 23.5 Å². The van der Waals surface area contributed by atoms with Gasteiger partial charge in [0.15, 0.2) is 9.34 Å². The van der Waals surface area contributed by atoms with E-state index in [0.717, 1.165) is 12.1 Å². The number of anilines is 2. The van der Waals surface area contributed by atoms with Crippen LogP contribution in [0.5, 0.6) is 0 Å². The van der Waals surface area contributed by atoms with Crippen LogP contribution in [0.3, 0.4) is 0 Å². The van der Waals surface area contributed by atoms with Gasteiger partial charge in [-0.05, 0) is 19.1 Å². The minimum absolute atomic E-state index is 0.0250. The molecule has 0 aliphatic rings. The molecule has 0 unspecified atom stereocenters. The second kappa shape index (κ2) is 5.19. The highest BCUT2D eigenvalue weighted by Gasteiger charge is 2.34. The second-order valence-electron chi connectivity index (χ2n) is 4.07. The van der Waals surface area contributed by atoms with Crippen molar-refractivity contribution in [2.75, 3.05) is 10.5 Å². The summed E-state index contributed by atoms with van der Waals surface area (Å²) in [6.45, 7) is 1.41. The van der Waals surface area contributed by atoms with Crippen molar-refractivity contribution >= 4 is 32.2 Å². The number of thiazole rings is 1. The highest BCUT2D eigenvalue weighted by Crippen LogP contribution is 2.36. The number of hydrogen-bond acceptors (Lipinski definition) is 5. The van der Waals surface area contributed by atoms with Crippen molar-refractivity contribution in [3.63, 3.8) is 0 Å². The van der Waals surface area contributed by atoms with Gasteiger partial charge in [0.1, 0.15) is 0 Å². The average molecular weight is 337 g/mol. The number of alkyl halides is 3. The van der Waals surface area contributed by atoms with E-state index < -0.39 is 27.5 Å². The third kappa shape index (κ3) is 3.27. The molecule has 0 bridgehead atoms. The number of nitrogens with zero attached hydrogens (tertiary/aromatic N) is 1. The van der Waals surface area contributed by atoms with Crippen molar-refractivity contribution in [2.24, 2.45) is 0 Å². The van der Waals surface area contributed by atoms with Crippen molar-refractivity contribution in [2.45, 2.75) is 17.3 Å². The molecule has 1 heterocycles. The van der Waals surface area contributed by atoms with Crippen LogP contribution in [0.15, 0.2) is 28.5 Å². The number of nitrogens with one attached hydrogen (secondary N) is 1. The van der Waals surface area contributed by atoms with Gasteiger partial charge in [-0.3, -0.25) is 4.72 Å². The summed E-state index contributed by atoms with van der Waals surface area (Å²) in [5.74, 6) is 0. The molecule has 0 aliphatic heterocycles. The summed E-state index contributed by atoms with van der Waals surface area (Å²) < 4.78 is 64.6. The van der Waals surface area contributed by atoms with Gasteiger partial charge in [0.25, 0.3) is 10.0 Å². The van der Waals surface area contributed by atoms with Crippen molar-refractivity contribution in [1.29, 1.82) is 0 Å². The molecule has 0 fully saturated rings. The number of nitrogens with two attached hydrogens (primary N) is 1. The van der Waals surface area contributed by atoms with Crippen molar-refractivity contribution in [3.05, 3.63) is 35.5 Å². The molecule has 2 rings (SSSR count). The van der Waals surface area contributed by atoms with E-state index in [0.29, 0.717) is 11.3 Å². The number of aryl methyl sites for hydroxylation is 1. The number of para-hydroxylation sites is 1. The normalized spacial score (nSPS) is 12.4. The maximum absolute atomic E-state index is 12.8. The number of benzene rings is 1. The molecule has 0 amide bonds. The minimum Gasteiger partial charge on any atom is -0.375 e. The zero-order chi connectivity index (χ0) is 15.8. The van der Waals surface area contributed by atoms with Crippen LogP contribution in [0.4, 0.5) is 24.0 Å². The summed E-state index contributed by atoms with van der Waals surface area (Å²) in [5.41, 5.74) is 3.93. The monoisotopic (exact) mass is 337 g/mol. The lowest BCUT2D eigenvalue weighted by atomic mass is 10.2. The lowest BCUT2D eigenvalue weighted by Gasteiger charge is -2.14. The second-order valence-corrected chi connectivity index (χ2v) is 6.98. The van der Waals surface area contributed by atoms with Gasteiger partial charge >= 0.3 is 6.18 Å². The van der Waals surface area contributed by atoms with Crippen LogP contribution >= 0.6 is 11.3 Å². The van der Waals surface area contributed by atoms with E-state index >= 15 is 0 Å². The van der Waals surface area contributed by atoms with Gasteiger partial charge in [0.2, 0.25) is 0 Å². The van der Waals surface area contributed by atoms with E-state index in [-0.39, 0.29) is 15.0 Å². The van der Waals surface area contributed by atoms with Gasteiger partial charge in [-0.15, -0.1) is 0 Å². The highest BCUT2D eigenvalue weighted by atomic mass is 32.2. The van der Waals surface area contributed by atoms with Crippen LogP contribution in [0.25, 0.3) is 0 Å². The van der Waals surface area contributed by atoms with Crippen molar-refractivity contribution < 1.29 is 21.6 Å².